The molecule has 4 fully saturated rings. The van der Waals surface area contributed by atoms with Crippen molar-refractivity contribution in [3.63, 3.8) is 0 Å². The maximum Gasteiger partial charge on any atom is 0.334 e. The number of hydrogen-bond donors (Lipinski definition) is 2. The smallest absolute Gasteiger partial charge is 0.334 e. The first kappa shape index (κ1) is 37.2. The fourth-order valence-electron chi connectivity index (χ4n) is 7.92. The summed E-state index contributed by atoms with van der Waals surface area (Å²) in [6.07, 6.45) is 0.0533. The van der Waals surface area contributed by atoms with Gasteiger partial charge in [-0.15, -0.1) is 6.58 Å². The number of anilines is 1. The number of benzene rings is 2. The van der Waals surface area contributed by atoms with E-state index in [1.165, 1.54) is 14.8 Å². The Morgan fingerprint density at radius 1 is 1.00 bits per heavy atom. The Morgan fingerprint density at radius 3 is 2.41 bits per heavy atom. The lowest BCUT2D eigenvalue weighted by molar-refractivity contribution is -0.189. The van der Waals surface area contributed by atoms with E-state index in [9.17, 15) is 19.5 Å². The Balaban J connectivity index is 1.15. The zero-order valence-electron chi connectivity index (χ0n) is 30.5. The van der Waals surface area contributed by atoms with Crippen molar-refractivity contribution in [3.05, 3.63) is 102 Å². The van der Waals surface area contributed by atoms with E-state index in [0.29, 0.717) is 11.7 Å². The average Bonchev–Trinajstić information content (AvgIpc) is 3.14. The quantitative estimate of drug-likeness (QED) is 0.286. The molecule has 2 unspecified atom stereocenters. The summed E-state index contributed by atoms with van der Waals surface area (Å²) in [5.41, 5.74) is 1.01. The van der Waals surface area contributed by atoms with Crippen LogP contribution in [0.5, 0.6) is 5.75 Å². The topological polar surface area (TPSA) is 119 Å². The number of fused-ring (bicyclic) bond motifs is 1. The molecule has 0 bridgehead atoms. The molecule has 7 rings (SSSR count). The number of urea groups is 1. The molecule has 3 aromatic rings. The van der Waals surface area contributed by atoms with Gasteiger partial charge in [0.15, 0.2) is 0 Å². The molecule has 4 amide bonds. The molecule has 2 atom stereocenters. The minimum atomic E-state index is -1.35. The molecule has 0 radical (unpaired) electrons. The fraction of sp³-hybridized carbons (Fsp3) is 0.436. The lowest BCUT2D eigenvalue weighted by Gasteiger charge is -2.55. The van der Waals surface area contributed by atoms with E-state index in [2.05, 4.69) is 33.5 Å². The van der Waals surface area contributed by atoms with Gasteiger partial charge in [0.25, 0.3) is 0 Å². The van der Waals surface area contributed by atoms with Crippen LogP contribution >= 0.6 is 0 Å². The van der Waals surface area contributed by atoms with Gasteiger partial charge in [-0.2, -0.15) is 0 Å². The van der Waals surface area contributed by atoms with Gasteiger partial charge in [-0.05, 0) is 24.2 Å². The van der Waals surface area contributed by atoms with Crippen LogP contribution in [0.2, 0.25) is 0 Å². The number of halogens is 2. The minimum absolute atomic E-state index is 0.0411. The predicted molar refractivity (Wildman–Crippen MR) is 198 cm³/mol. The number of carbonyl (C=O) groups is 3. The summed E-state index contributed by atoms with van der Waals surface area (Å²) < 4.78 is 30.4. The number of carbonyl (C=O) groups excluding carboxylic acids is 3. The van der Waals surface area contributed by atoms with E-state index >= 15 is 8.78 Å². The van der Waals surface area contributed by atoms with Crippen LogP contribution in [-0.2, 0) is 29.1 Å². The Hall–Kier alpha value is -5.12. The van der Waals surface area contributed by atoms with Crippen LogP contribution in [0.25, 0.3) is 0 Å². The van der Waals surface area contributed by atoms with Gasteiger partial charge < -0.3 is 30.0 Å². The van der Waals surface area contributed by atoms with Crippen LogP contribution in [-0.4, -0.2) is 141 Å². The molecule has 4 aliphatic heterocycles. The van der Waals surface area contributed by atoms with Crippen molar-refractivity contribution in [2.24, 2.45) is 0 Å². The highest BCUT2D eigenvalue weighted by atomic mass is 19.1. The molecule has 54 heavy (non-hydrogen) atoms. The number of rotatable bonds is 11. The first-order valence-corrected chi connectivity index (χ1v) is 18.5. The van der Waals surface area contributed by atoms with E-state index in [0.717, 1.165) is 69.3 Å². The van der Waals surface area contributed by atoms with Gasteiger partial charge in [0.05, 0.1) is 25.3 Å². The summed E-state index contributed by atoms with van der Waals surface area (Å²) in [6.45, 7) is 13.1. The van der Waals surface area contributed by atoms with Crippen molar-refractivity contribution in [3.8, 4) is 5.75 Å². The maximum atomic E-state index is 15.2. The van der Waals surface area contributed by atoms with E-state index in [1.54, 1.807) is 11.1 Å². The molecule has 2 aromatic carbocycles. The predicted octanol–water partition coefficient (Wildman–Crippen LogP) is 2.63. The van der Waals surface area contributed by atoms with Crippen LogP contribution in [0.4, 0.5) is 19.4 Å². The highest BCUT2D eigenvalue weighted by Crippen LogP contribution is 2.32. The minimum Gasteiger partial charge on any atom is -0.508 e. The number of pyridine rings is 1. The maximum absolute atomic E-state index is 15.2. The summed E-state index contributed by atoms with van der Waals surface area (Å²) in [6, 6.07) is 15.1. The third-order valence-electron chi connectivity index (χ3n) is 10.9. The van der Waals surface area contributed by atoms with Crippen LogP contribution in [0.15, 0.2) is 73.3 Å². The van der Waals surface area contributed by atoms with Gasteiger partial charge in [0, 0.05) is 82.5 Å². The van der Waals surface area contributed by atoms with E-state index < -0.39 is 59.4 Å². The Kier molecular flexibility index (Phi) is 11.1. The first-order valence-electron chi connectivity index (χ1n) is 18.5. The number of phenolic OH excluding ortho intramolecular Hbond substituents is 1. The second-order valence-electron chi connectivity index (χ2n) is 14.2. The SMILES string of the molecule is C=CCN1CC(=O)N2C(Cc3c(F)cc(O)cc3F)C(=O)N(Cc3cccc(N4CC(N5CCN(CC)CC5)C4)n3)CC2N1C(=O)NCc1ccccc1. The van der Waals surface area contributed by atoms with Crippen LogP contribution in [0.3, 0.4) is 0 Å². The number of phenols is 1. The highest BCUT2D eigenvalue weighted by Gasteiger charge is 2.51. The van der Waals surface area contributed by atoms with E-state index in [4.69, 9.17) is 4.98 Å². The lowest BCUT2D eigenvalue weighted by Crippen LogP contribution is -2.76. The number of likely N-dealkylation sites (N-methyl/N-ethyl adjacent to an activating group) is 1. The van der Waals surface area contributed by atoms with Gasteiger partial charge in [0.1, 0.15) is 35.4 Å². The summed E-state index contributed by atoms with van der Waals surface area (Å²) in [7, 11) is 0. The number of piperazine rings is 2. The molecule has 15 heteroatoms. The average molecular weight is 744 g/mol. The first-order chi connectivity index (χ1) is 26.1. The highest BCUT2D eigenvalue weighted by molar-refractivity contribution is 5.91. The van der Waals surface area contributed by atoms with E-state index in [-0.39, 0.29) is 32.7 Å². The zero-order valence-corrected chi connectivity index (χ0v) is 30.5. The Morgan fingerprint density at radius 2 is 1.72 bits per heavy atom. The van der Waals surface area contributed by atoms with Gasteiger partial charge in [0.2, 0.25) is 11.8 Å². The standard InChI is InChI=1S/C39H47F2N9O4/c1-3-13-48-26-37(52)49-34(20-31-32(40)18-30(51)19-33(31)41)38(53)47(25-36(49)50(48)39(54)42-21-27-9-6-5-7-10-27)22-28-11-8-12-35(43-28)46-23-29(24-46)45-16-14-44(4-2)15-17-45/h3,5-12,18-19,29,34,36,51H,1,4,13-17,20-26H2,2H3,(H,42,54). The molecule has 1 aromatic heterocycles. The number of aromatic nitrogens is 1. The van der Waals surface area contributed by atoms with Crippen molar-refractivity contribution in [2.75, 3.05) is 70.3 Å². The number of nitrogens with one attached hydrogen (secondary N) is 1. The van der Waals surface area contributed by atoms with Gasteiger partial charge in [-0.1, -0.05) is 49.4 Å². The van der Waals surface area contributed by atoms with Gasteiger partial charge in [-0.3, -0.25) is 14.5 Å². The normalized spacial score (nSPS) is 21.6. The van der Waals surface area contributed by atoms with Crippen LogP contribution < -0.4 is 10.2 Å². The molecule has 4 aliphatic rings. The number of hydrazine groups is 1. The van der Waals surface area contributed by atoms with Crippen LogP contribution in [0.1, 0.15) is 23.7 Å². The molecule has 0 spiro atoms. The summed E-state index contributed by atoms with van der Waals surface area (Å²) >= 11 is 0. The Bertz CT molecular complexity index is 1830. The number of amides is 4. The number of nitrogens with zero attached hydrogens (tertiary/aromatic N) is 8. The summed E-state index contributed by atoms with van der Waals surface area (Å²) in [4.78, 5) is 57.2. The van der Waals surface area contributed by atoms with Crippen LogP contribution in [0, 0.1) is 11.6 Å². The van der Waals surface area contributed by atoms with Gasteiger partial charge in [-0.25, -0.2) is 28.6 Å². The second kappa shape index (κ2) is 16.1. The third-order valence-corrected chi connectivity index (χ3v) is 10.9. The zero-order chi connectivity index (χ0) is 37.9. The molecule has 286 valence electrons. The number of hydrogen-bond acceptors (Lipinski definition) is 9. The van der Waals surface area contributed by atoms with Crippen molar-refractivity contribution < 1.29 is 28.3 Å². The largest absolute Gasteiger partial charge is 0.508 e. The molecule has 5 heterocycles. The van der Waals surface area contributed by atoms with Crippen molar-refractivity contribution in [1.82, 2.24) is 39.9 Å². The Labute approximate surface area is 314 Å². The fourth-order valence-corrected chi connectivity index (χ4v) is 7.92. The third kappa shape index (κ3) is 7.74. The van der Waals surface area contributed by atoms with E-state index in [1.807, 2.05) is 48.5 Å². The van der Waals surface area contributed by atoms with Crippen molar-refractivity contribution in [2.45, 2.75) is 44.7 Å². The van der Waals surface area contributed by atoms with Crippen molar-refractivity contribution in [1.29, 1.82) is 0 Å². The summed E-state index contributed by atoms with van der Waals surface area (Å²) in [5, 5.41) is 15.7. The molecule has 0 aliphatic carbocycles. The molecule has 13 nitrogen and oxygen atoms in total. The molecular formula is C39H47F2N9O4. The molecule has 4 saturated heterocycles. The molecule has 2 N–H and O–H groups in total. The lowest BCUT2D eigenvalue weighted by atomic mass is 9.97. The van der Waals surface area contributed by atoms with Crippen molar-refractivity contribution >= 4 is 23.7 Å². The second-order valence-corrected chi connectivity index (χ2v) is 14.2. The number of aromatic hydroxyl groups is 1. The van der Waals surface area contributed by atoms with Gasteiger partial charge >= 0.3 is 6.03 Å². The molecular weight excluding hydrogens is 696 g/mol. The molecule has 0 saturated carbocycles. The monoisotopic (exact) mass is 743 g/mol. The summed E-state index contributed by atoms with van der Waals surface area (Å²) in [5.74, 6) is -2.90.